The number of carbonyl (C=O) groups excluding carboxylic acids is 1. The summed E-state index contributed by atoms with van der Waals surface area (Å²) in [6.07, 6.45) is 0.903. The van der Waals surface area contributed by atoms with E-state index in [0.29, 0.717) is 23.4 Å². The summed E-state index contributed by atoms with van der Waals surface area (Å²) in [5.74, 6) is 0.835. The van der Waals surface area contributed by atoms with Crippen LogP contribution in [0.25, 0.3) is 11.5 Å². The summed E-state index contributed by atoms with van der Waals surface area (Å²) in [7, 11) is 0. The highest BCUT2D eigenvalue weighted by atomic mass is 79.9. The molecule has 1 aliphatic rings. The maximum atomic E-state index is 12.5. The van der Waals surface area contributed by atoms with Crippen LogP contribution in [0.1, 0.15) is 11.1 Å². The van der Waals surface area contributed by atoms with Crippen LogP contribution < -0.4 is 0 Å². The van der Waals surface area contributed by atoms with Gasteiger partial charge < -0.3 is 9.32 Å². The van der Waals surface area contributed by atoms with Gasteiger partial charge in [0.25, 0.3) is 5.22 Å². The monoisotopic (exact) mass is 429 g/mol. The number of hydrogen-bond acceptors (Lipinski definition) is 5. The average molecular weight is 430 g/mol. The molecule has 132 valence electrons. The van der Waals surface area contributed by atoms with Crippen molar-refractivity contribution in [3.63, 3.8) is 0 Å². The van der Waals surface area contributed by atoms with Crippen molar-refractivity contribution in [3.8, 4) is 11.5 Å². The molecule has 0 aliphatic carbocycles. The second-order valence-electron chi connectivity index (χ2n) is 6.01. The maximum Gasteiger partial charge on any atom is 0.277 e. The Morgan fingerprint density at radius 3 is 2.85 bits per heavy atom. The van der Waals surface area contributed by atoms with Crippen molar-refractivity contribution in [2.45, 2.75) is 18.2 Å². The van der Waals surface area contributed by atoms with E-state index in [1.807, 2.05) is 41.3 Å². The molecule has 0 atom stereocenters. The molecule has 1 aromatic heterocycles. The van der Waals surface area contributed by atoms with Gasteiger partial charge in [0.15, 0.2) is 0 Å². The second-order valence-corrected chi connectivity index (χ2v) is 7.85. The van der Waals surface area contributed by atoms with Crippen LogP contribution in [-0.4, -0.2) is 33.3 Å². The molecule has 0 saturated carbocycles. The lowest BCUT2D eigenvalue weighted by atomic mass is 10.00. The van der Waals surface area contributed by atoms with E-state index in [1.54, 1.807) is 0 Å². The fourth-order valence-corrected chi connectivity index (χ4v) is 3.99. The topological polar surface area (TPSA) is 59.2 Å². The van der Waals surface area contributed by atoms with E-state index in [4.69, 9.17) is 4.42 Å². The largest absolute Gasteiger partial charge is 0.411 e. The minimum absolute atomic E-state index is 0.0895. The SMILES string of the molecule is O=C(CSc1nnc(-c2cccc(Br)c2)o1)N1CCc2ccccc2C1. The fraction of sp³-hybridized carbons (Fsp3) is 0.211. The third-order valence-electron chi connectivity index (χ3n) is 4.28. The van der Waals surface area contributed by atoms with E-state index in [1.165, 1.54) is 22.9 Å². The number of rotatable bonds is 4. The van der Waals surface area contributed by atoms with Crippen LogP contribution in [0.2, 0.25) is 0 Å². The lowest BCUT2D eigenvalue weighted by molar-refractivity contribution is -0.129. The van der Waals surface area contributed by atoms with Crippen LogP contribution in [0.5, 0.6) is 0 Å². The lowest BCUT2D eigenvalue weighted by Crippen LogP contribution is -2.37. The molecular weight excluding hydrogens is 414 g/mol. The Morgan fingerprint density at radius 1 is 1.15 bits per heavy atom. The molecule has 7 heteroatoms. The summed E-state index contributed by atoms with van der Waals surface area (Å²) < 4.78 is 6.62. The highest BCUT2D eigenvalue weighted by Crippen LogP contribution is 2.26. The predicted octanol–water partition coefficient (Wildman–Crippen LogP) is 4.18. The predicted molar refractivity (Wildman–Crippen MR) is 104 cm³/mol. The molecule has 0 unspecified atom stereocenters. The quantitative estimate of drug-likeness (QED) is 0.582. The molecule has 1 aliphatic heterocycles. The van der Waals surface area contributed by atoms with Gasteiger partial charge in [-0.15, -0.1) is 10.2 Å². The number of thioether (sulfide) groups is 1. The number of benzene rings is 2. The molecule has 3 aromatic rings. The second kappa shape index (κ2) is 7.63. The first-order chi connectivity index (χ1) is 12.7. The van der Waals surface area contributed by atoms with Crippen LogP contribution in [0.4, 0.5) is 0 Å². The molecule has 0 spiro atoms. The minimum atomic E-state index is 0.0895. The Labute approximate surface area is 163 Å². The van der Waals surface area contributed by atoms with Crippen LogP contribution in [0, 0.1) is 0 Å². The van der Waals surface area contributed by atoms with Gasteiger partial charge in [-0.2, -0.15) is 0 Å². The molecule has 26 heavy (non-hydrogen) atoms. The molecule has 2 aromatic carbocycles. The molecule has 4 rings (SSSR count). The third-order valence-corrected chi connectivity index (χ3v) is 5.58. The van der Waals surface area contributed by atoms with Crippen molar-refractivity contribution in [2.24, 2.45) is 0 Å². The molecule has 1 amide bonds. The first-order valence-electron chi connectivity index (χ1n) is 8.26. The molecule has 0 N–H and O–H groups in total. The van der Waals surface area contributed by atoms with Crippen LogP contribution in [-0.2, 0) is 17.8 Å². The minimum Gasteiger partial charge on any atom is -0.411 e. The van der Waals surface area contributed by atoms with Crippen LogP contribution in [0.15, 0.2) is 62.6 Å². The standard InChI is InChI=1S/C19H16BrN3O2S/c20-16-7-3-6-14(10-16)18-21-22-19(25-18)26-12-17(24)23-9-8-13-4-1-2-5-15(13)11-23/h1-7,10H,8-9,11-12H2. The van der Waals surface area contributed by atoms with E-state index >= 15 is 0 Å². The van der Waals surface area contributed by atoms with Gasteiger partial charge in [-0.3, -0.25) is 4.79 Å². The van der Waals surface area contributed by atoms with Gasteiger partial charge in [0.05, 0.1) is 5.75 Å². The number of fused-ring (bicyclic) bond motifs is 1. The summed E-state index contributed by atoms with van der Waals surface area (Å²) in [5, 5.41) is 8.51. The number of carbonyl (C=O) groups is 1. The summed E-state index contributed by atoms with van der Waals surface area (Å²) in [5.41, 5.74) is 3.41. The van der Waals surface area contributed by atoms with Crippen molar-refractivity contribution in [3.05, 3.63) is 64.1 Å². The molecule has 0 saturated heterocycles. The number of amides is 1. The maximum absolute atomic E-state index is 12.5. The van der Waals surface area contributed by atoms with Crippen molar-refractivity contribution in [2.75, 3.05) is 12.3 Å². The van der Waals surface area contributed by atoms with Crippen LogP contribution in [0.3, 0.4) is 0 Å². The first-order valence-corrected chi connectivity index (χ1v) is 10.0. The summed E-state index contributed by atoms with van der Waals surface area (Å²) in [4.78, 5) is 14.4. The Hall–Kier alpha value is -2.12. The smallest absolute Gasteiger partial charge is 0.277 e. The lowest BCUT2D eigenvalue weighted by Gasteiger charge is -2.28. The van der Waals surface area contributed by atoms with Gasteiger partial charge in [0, 0.05) is 23.1 Å². The Bertz CT molecular complexity index is 944. The van der Waals surface area contributed by atoms with Crippen molar-refractivity contribution in [1.29, 1.82) is 0 Å². The zero-order chi connectivity index (χ0) is 17.9. The number of aromatic nitrogens is 2. The van der Waals surface area contributed by atoms with Crippen LogP contribution >= 0.6 is 27.7 Å². The molecule has 0 radical (unpaired) electrons. The van der Waals surface area contributed by atoms with Crippen molar-refractivity contribution in [1.82, 2.24) is 15.1 Å². The first kappa shape index (κ1) is 17.3. The highest BCUT2D eigenvalue weighted by Gasteiger charge is 2.21. The highest BCUT2D eigenvalue weighted by molar-refractivity contribution is 9.10. The zero-order valence-electron chi connectivity index (χ0n) is 13.9. The average Bonchev–Trinajstić information content (AvgIpc) is 3.15. The van der Waals surface area contributed by atoms with Gasteiger partial charge in [0.2, 0.25) is 11.8 Å². The summed E-state index contributed by atoms with van der Waals surface area (Å²) >= 11 is 4.71. The van der Waals surface area contributed by atoms with Crippen molar-refractivity contribution < 1.29 is 9.21 Å². The summed E-state index contributed by atoms with van der Waals surface area (Å²) in [6, 6.07) is 16.0. The molecule has 0 fully saturated rings. The van der Waals surface area contributed by atoms with Gasteiger partial charge in [0.1, 0.15) is 0 Å². The van der Waals surface area contributed by atoms with E-state index in [9.17, 15) is 4.79 Å². The van der Waals surface area contributed by atoms with Gasteiger partial charge >= 0.3 is 0 Å². The van der Waals surface area contributed by atoms with E-state index in [0.717, 1.165) is 23.0 Å². The normalized spacial score (nSPS) is 13.5. The molecule has 5 nitrogen and oxygen atoms in total. The third kappa shape index (κ3) is 3.83. The molecular formula is C19H16BrN3O2S. The van der Waals surface area contributed by atoms with Crippen molar-refractivity contribution >= 4 is 33.6 Å². The number of halogens is 1. The fourth-order valence-electron chi connectivity index (χ4n) is 2.93. The van der Waals surface area contributed by atoms with E-state index < -0.39 is 0 Å². The van der Waals surface area contributed by atoms with Gasteiger partial charge in [-0.25, -0.2) is 0 Å². The Morgan fingerprint density at radius 2 is 2.00 bits per heavy atom. The van der Waals surface area contributed by atoms with E-state index in [-0.39, 0.29) is 5.91 Å². The zero-order valence-corrected chi connectivity index (χ0v) is 16.3. The molecule has 2 heterocycles. The Balaban J connectivity index is 1.37. The van der Waals surface area contributed by atoms with Gasteiger partial charge in [-0.1, -0.05) is 58.0 Å². The molecule has 0 bridgehead atoms. The Kier molecular flexibility index (Phi) is 5.08. The number of hydrogen-bond donors (Lipinski definition) is 0. The number of nitrogens with zero attached hydrogens (tertiary/aromatic N) is 3. The van der Waals surface area contributed by atoms with Gasteiger partial charge in [-0.05, 0) is 35.7 Å². The summed E-state index contributed by atoms with van der Waals surface area (Å²) in [6.45, 7) is 1.42. The van der Waals surface area contributed by atoms with E-state index in [2.05, 4.69) is 38.3 Å².